The molecule has 0 amide bonds. The number of benzene rings is 1. The first kappa shape index (κ1) is 25.9. The molecule has 2 fully saturated rings. The molecule has 0 saturated carbocycles. The lowest BCUT2D eigenvalue weighted by Crippen LogP contribution is -2.60. The van der Waals surface area contributed by atoms with Crippen LogP contribution in [0.2, 0.25) is 0 Å². The zero-order valence-corrected chi connectivity index (χ0v) is 20.5. The third kappa shape index (κ3) is 5.99. The SMILES string of the molecule is Cc1c(Nc2ccc([S+](C)[O-])cc2F)ncnc1O[C@H]1C[C@H]2COC[C@@H](C1)N2CC(C)C(F)(F)F. The van der Waals surface area contributed by atoms with Crippen molar-refractivity contribution in [3.05, 3.63) is 35.9 Å². The third-order valence-electron chi connectivity index (χ3n) is 6.51. The Hall–Kier alpha value is -2.15. The summed E-state index contributed by atoms with van der Waals surface area (Å²) in [5.41, 5.74) is 0.746. The highest BCUT2D eigenvalue weighted by Crippen LogP contribution is 2.35. The van der Waals surface area contributed by atoms with E-state index in [1.54, 1.807) is 13.0 Å². The standard InChI is InChI=1S/C23H28F4N4O3S/c1-13(23(25,26)27)9-31-15-6-17(7-16(31)11-33-10-15)34-22-14(2)21(28-12-29-22)30-20-5-4-18(35(3)32)8-19(20)24/h4-5,8,12-13,15-17H,6-7,9-11H2,1-3H3,(H,28,29,30)/t13?,15-,16+,17-,35?. The van der Waals surface area contributed by atoms with Gasteiger partial charge in [0.15, 0.2) is 10.7 Å². The minimum Gasteiger partial charge on any atom is -0.612 e. The fourth-order valence-corrected chi connectivity index (χ4v) is 5.02. The van der Waals surface area contributed by atoms with Crippen LogP contribution < -0.4 is 10.1 Å². The van der Waals surface area contributed by atoms with E-state index in [0.717, 1.165) is 0 Å². The largest absolute Gasteiger partial charge is 0.612 e. The van der Waals surface area contributed by atoms with Crippen LogP contribution in [-0.2, 0) is 15.9 Å². The van der Waals surface area contributed by atoms with E-state index < -0.39 is 29.1 Å². The number of nitrogens with one attached hydrogen (secondary N) is 1. The van der Waals surface area contributed by atoms with Gasteiger partial charge in [0, 0.05) is 37.5 Å². The van der Waals surface area contributed by atoms with Crippen molar-refractivity contribution in [1.29, 1.82) is 0 Å². The van der Waals surface area contributed by atoms with Gasteiger partial charge in [-0.15, -0.1) is 0 Å². The van der Waals surface area contributed by atoms with Crippen LogP contribution in [0.4, 0.5) is 29.1 Å². The summed E-state index contributed by atoms with van der Waals surface area (Å²) in [5, 5.41) is 2.93. The smallest absolute Gasteiger partial charge is 0.392 e. The molecule has 1 N–H and O–H groups in total. The van der Waals surface area contributed by atoms with Gasteiger partial charge in [-0.05, 0) is 30.2 Å². The molecule has 5 atom stereocenters. The summed E-state index contributed by atoms with van der Waals surface area (Å²) >= 11 is -1.30. The number of alkyl halides is 3. The van der Waals surface area contributed by atoms with Crippen LogP contribution in [0.1, 0.15) is 25.3 Å². The zero-order valence-electron chi connectivity index (χ0n) is 19.6. The molecule has 3 heterocycles. The molecular weight excluding hydrogens is 488 g/mol. The van der Waals surface area contributed by atoms with Gasteiger partial charge in [-0.1, -0.05) is 6.92 Å². The van der Waals surface area contributed by atoms with E-state index in [4.69, 9.17) is 9.47 Å². The van der Waals surface area contributed by atoms with Gasteiger partial charge in [-0.2, -0.15) is 13.2 Å². The molecule has 2 aromatic rings. The predicted octanol–water partition coefficient (Wildman–Crippen LogP) is 4.21. The van der Waals surface area contributed by atoms with Crippen molar-refractivity contribution in [2.24, 2.45) is 5.92 Å². The minimum atomic E-state index is -4.24. The lowest BCUT2D eigenvalue weighted by molar-refractivity contribution is -0.187. The van der Waals surface area contributed by atoms with Crippen molar-refractivity contribution < 1.29 is 31.6 Å². The van der Waals surface area contributed by atoms with Crippen LogP contribution in [0.5, 0.6) is 5.88 Å². The maximum Gasteiger partial charge on any atom is 0.392 e. The van der Waals surface area contributed by atoms with Gasteiger partial charge in [0.2, 0.25) is 5.88 Å². The molecule has 4 rings (SSSR count). The van der Waals surface area contributed by atoms with E-state index in [1.807, 2.05) is 4.90 Å². The number of rotatable bonds is 7. The Balaban J connectivity index is 1.45. The number of morpholine rings is 1. The first-order valence-electron chi connectivity index (χ1n) is 11.3. The Morgan fingerprint density at radius 1 is 1.26 bits per heavy atom. The van der Waals surface area contributed by atoms with Crippen LogP contribution in [-0.4, -0.2) is 69.8 Å². The summed E-state index contributed by atoms with van der Waals surface area (Å²) in [7, 11) is 0. The second-order valence-corrected chi connectivity index (χ2v) is 10.4. The Morgan fingerprint density at radius 2 is 1.94 bits per heavy atom. The molecule has 0 spiro atoms. The number of ether oxygens (including phenoxy) is 2. The fourth-order valence-electron chi connectivity index (χ4n) is 4.49. The van der Waals surface area contributed by atoms with Crippen LogP contribution in [0.15, 0.2) is 29.4 Å². The van der Waals surface area contributed by atoms with Crippen LogP contribution in [0, 0.1) is 18.7 Å². The molecule has 35 heavy (non-hydrogen) atoms. The van der Waals surface area contributed by atoms with E-state index in [9.17, 15) is 22.1 Å². The topological polar surface area (TPSA) is 82.6 Å². The predicted molar refractivity (Wildman–Crippen MR) is 123 cm³/mol. The van der Waals surface area contributed by atoms with Crippen LogP contribution >= 0.6 is 0 Å². The van der Waals surface area contributed by atoms with Gasteiger partial charge in [-0.3, -0.25) is 4.90 Å². The van der Waals surface area contributed by atoms with Gasteiger partial charge < -0.3 is 19.3 Å². The lowest BCUT2D eigenvalue weighted by atomic mass is 9.90. The van der Waals surface area contributed by atoms with Crippen LogP contribution in [0.3, 0.4) is 0 Å². The number of nitrogens with zero attached hydrogens (tertiary/aromatic N) is 3. The highest BCUT2D eigenvalue weighted by molar-refractivity contribution is 7.90. The highest BCUT2D eigenvalue weighted by Gasteiger charge is 2.44. The zero-order chi connectivity index (χ0) is 25.3. The normalized spacial score (nSPS) is 24.6. The first-order chi connectivity index (χ1) is 16.5. The number of hydrogen-bond donors (Lipinski definition) is 1. The molecule has 0 radical (unpaired) electrons. The molecule has 2 saturated heterocycles. The molecule has 12 heteroatoms. The van der Waals surface area contributed by atoms with E-state index in [2.05, 4.69) is 15.3 Å². The van der Waals surface area contributed by atoms with E-state index in [1.165, 1.54) is 31.6 Å². The summed E-state index contributed by atoms with van der Waals surface area (Å²) in [5.74, 6) is -1.30. The molecule has 1 aromatic carbocycles. The third-order valence-corrected chi connectivity index (χ3v) is 7.43. The maximum absolute atomic E-state index is 14.5. The molecule has 7 nitrogen and oxygen atoms in total. The molecular formula is C23H28F4N4O3S. The van der Waals surface area contributed by atoms with E-state index in [-0.39, 0.29) is 30.4 Å². The van der Waals surface area contributed by atoms with Crippen molar-refractivity contribution in [3.63, 3.8) is 0 Å². The summed E-state index contributed by atoms with van der Waals surface area (Å²) in [4.78, 5) is 10.7. The first-order valence-corrected chi connectivity index (χ1v) is 12.9. The van der Waals surface area contributed by atoms with Crippen molar-refractivity contribution in [3.8, 4) is 5.88 Å². The van der Waals surface area contributed by atoms with Crippen molar-refractivity contribution >= 4 is 22.7 Å². The summed E-state index contributed by atoms with van der Waals surface area (Å²) in [6.07, 6.45) is -0.681. The van der Waals surface area contributed by atoms with Crippen molar-refractivity contribution in [1.82, 2.24) is 14.9 Å². The Labute approximate surface area is 204 Å². The molecule has 2 aliphatic heterocycles. The van der Waals surface area contributed by atoms with Gasteiger partial charge in [0.25, 0.3) is 0 Å². The molecule has 2 aliphatic rings. The average molecular weight is 517 g/mol. The lowest BCUT2D eigenvalue weighted by Gasteiger charge is -2.49. The monoisotopic (exact) mass is 516 g/mol. The average Bonchev–Trinajstić information content (AvgIpc) is 2.77. The van der Waals surface area contributed by atoms with E-state index in [0.29, 0.717) is 48.2 Å². The van der Waals surface area contributed by atoms with Crippen molar-refractivity contribution in [2.45, 2.75) is 55.9 Å². The van der Waals surface area contributed by atoms with Gasteiger partial charge in [0.05, 0.1) is 30.4 Å². The van der Waals surface area contributed by atoms with Gasteiger partial charge in [0.1, 0.15) is 24.5 Å². The number of fused-ring (bicyclic) bond motifs is 2. The molecule has 192 valence electrons. The molecule has 2 bridgehead atoms. The number of piperidine rings is 1. The Morgan fingerprint density at radius 3 is 2.54 bits per heavy atom. The Kier molecular flexibility index (Phi) is 7.74. The van der Waals surface area contributed by atoms with Crippen LogP contribution in [0.25, 0.3) is 0 Å². The fraction of sp³-hybridized carbons (Fsp3) is 0.565. The van der Waals surface area contributed by atoms with Gasteiger partial charge >= 0.3 is 6.18 Å². The number of aromatic nitrogens is 2. The number of anilines is 2. The summed E-state index contributed by atoms with van der Waals surface area (Å²) < 4.78 is 77.2. The molecule has 2 unspecified atom stereocenters. The minimum absolute atomic E-state index is 0.0640. The number of hydrogen-bond acceptors (Lipinski definition) is 7. The highest BCUT2D eigenvalue weighted by atomic mass is 32.2. The maximum atomic E-state index is 14.5. The summed E-state index contributed by atoms with van der Waals surface area (Å²) in [6, 6.07) is 3.93. The second kappa shape index (κ2) is 10.5. The Bertz CT molecular complexity index is 1030. The van der Waals surface area contributed by atoms with E-state index >= 15 is 0 Å². The second-order valence-electron chi connectivity index (χ2n) is 9.07. The van der Waals surface area contributed by atoms with Crippen molar-refractivity contribution in [2.75, 3.05) is 31.3 Å². The molecule has 0 aliphatic carbocycles. The quantitative estimate of drug-likeness (QED) is 0.436. The number of halogens is 4. The van der Waals surface area contributed by atoms with Gasteiger partial charge in [-0.25, -0.2) is 14.4 Å². The molecule has 1 aromatic heterocycles. The summed E-state index contributed by atoms with van der Waals surface area (Å²) in [6.45, 7) is 3.60.